The molecule has 2 rings (SSSR count). The maximum Gasteiger partial charge on any atom is 0.307 e. The number of carbonyl (C=O) groups excluding carboxylic acids is 2. The van der Waals surface area contributed by atoms with E-state index in [1.54, 1.807) is 45.0 Å². The Morgan fingerprint density at radius 1 is 1.26 bits per heavy atom. The van der Waals surface area contributed by atoms with Gasteiger partial charge in [-0.2, -0.15) is 4.98 Å². The summed E-state index contributed by atoms with van der Waals surface area (Å²) in [7, 11) is 0. The van der Waals surface area contributed by atoms with Crippen LogP contribution in [-0.2, 0) is 9.53 Å². The molecule has 0 bridgehead atoms. The number of amides is 1. The van der Waals surface area contributed by atoms with Crippen molar-refractivity contribution in [1.82, 2.24) is 15.5 Å². The minimum absolute atomic E-state index is 0.142. The van der Waals surface area contributed by atoms with E-state index in [0.29, 0.717) is 17.3 Å². The first-order valence-electron chi connectivity index (χ1n) is 7.34. The van der Waals surface area contributed by atoms with Crippen molar-refractivity contribution in [1.29, 1.82) is 0 Å². The van der Waals surface area contributed by atoms with Crippen LogP contribution < -0.4 is 5.32 Å². The van der Waals surface area contributed by atoms with Crippen LogP contribution in [0.3, 0.4) is 0 Å². The highest BCUT2D eigenvalue weighted by Gasteiger charge is 2.10. The second kappa shape index (κ2) is 7.53. The number of hydrogen-bond donors (Lipinski definition) is 1. The maximum absolute atomic E-state index is 12.0. The van der Waals surface area contributed by atoms with Gasteiger partial charge in [0.05, 0.1) is 12.5 Å². The van der Waals surface area contributed by atoms with E-state index in [2.05, 4.69) is 15.5 Å². The zero-order valence-corrected chi connectivity index (χ0v) is 13.3. The van der Waals surface area contributed by atoms with Gasteiger partial charge in [0, 0.05) is 17.7 Å². The Bertz CT molecular complexity index is 677. The van der Waals surface area contributed by atoms with Crippen molar-refractivity contribution in [3.63, 3.8) is 0 Å². The maximum atomic E-state index is 12.0. The summed E-state index contributed by atoms with van der Waals surface area (Å²) >= 11 is 0. The SMILES string of the molecule is Cc1noc(-c2ccc(C(=O)NCCC(=O)OC(C)C)cc2)n1. The lowest BCUT2D eigenvalue weighted by Crippen LogP contribution is -2.27. The quantitative estimate of drug-likeness (QED) is 0.820. The van der Waals surface area contributed by atoms with Crippen LogP contribution in [0.5, 0.6) is 0 Å². The van der Waals surface area contributed by atoms with Crippen molar-refractivity contribution < 1.29 is 18.8 Å². The Balaban J connectivity index is 1.87. The zero-order chi connectivity index (χ0) is 16.8. The molecule has 7 nitrogen and oxygen atoms in total. The van der Waals surface area contributed by atoms with Crippen LogP contribution in [0.2, 0.25) is 0 Å². The molecule has 7 heteroatoms. The number of carbonyl (C=O) groups is 2. The summed E-state index contributed by atoms with van der Waals surface area (Å²) in [4.78, 5) is 27.5. The van der Waals surface area contributed by atoms with Gasteiger partial charge in [0.25, 0.3) is 11.8 Å². The molecule has 1 aromatic heterocycles. The zero-order valence-electron chi connectivity index (χ0n) is 13.3. The van der Waals surface area contributed by atoms with Crippen molar-refractivity contribution in [3.8, 4) is 11.5 Å². The third-order valence-electron chi connectivity index (χ3n) is 2.90. The molecule has 0 aliphatic rings. The molecule has 0 fully saturated rings. The second-order valence-electron chi connectivity index (χ2n) is 5.27. The van der Waals surface area contributed by atoms with Crippen LogP contribution >= 0.6 is 0 Å². The predicted octanol–water partition coefficient (Wildman–Crippen LogP) is 2.12. The number of nitrogens with one attached hydrogen (secondary N) is 1. The normalized spacial score (nSPS) is 10.6. The largest absolute Gasteiger partial charge is 0.463 e. The lowest BCUT2D eigenvalue weighted by atomic mass is 10.1. The molecule has 1 aromatic carbocycles. The molecule has 0 saturated carbocycles. The molecule has 0 spiro atoms. The molecular formula is C16H19N3O4. The first-order chi connectivity index (χ1) is 11.0. The average molecular weight is 317 g/mol. The Kier molecular flexibility index (Phi) is 5.46. The molecule has 1 N–H and O–H groups in total. The van der Waals surface area contributed by atoms with Crippen molar-refractivity contribution in [2.24, 2.45) is 0 Å². The van der Waals surface area contributed by atoms with Gasteiger partial charge in [0.1, 0.15) is 0 Å². The van der Waals surface area contributed by atoms with E-state index in [1.807, 2.05) is 0 Å². The van der Waals surface area contributed by atoms with Gasteiger partial charge in [-0.05, 0) is 45.0 Å². The number of benzene rings is 1. The van der Waals surface area contributed by atoms with Gasteiger partial charge in [0.2, 0.25) is 0 Å². The van der Waals surface area contributed by atoms with Crippen LogP contribution in [0.1, 0.15) is 36.5 Å². The van der Waals surface area contributed by atoms with Gasteiger partial charge in [-0.3, -0.25) is 9.59 Å². The fourth-order valence-electron chi connectivity index (χ4n) is 1.88. The Morgan fingerprint density at radius 3 is 2.52 bits per heavy atom. The standard InChI is InChI=1S/C16H19N3O4/c1-10(2)22-14(20)8-9-17-15(21)12-4-6-13(7-5-12)16-18-11(3)19-23-16/h4-7,10H,8-9H2,1-3H3,(H,17,21). The van der Waals surface area contributed by atoms with Crippen molar-refractivity contribution in [2.45, 2.75) is 33.3 Å². The lowest BCUT2D eigenvalue weighted by molar-refractivity contribution is -0.147. The summed E-state index contributed by atoms with van der Waals surface area (Å²) in [5.74, 6) is 0.374. The molecule has 0 radical (unpaired) electrons. The third-order valence-corrected chi connectivity index (χ3v) is 2.90. The molecule has 1 amide bonds. The first kappa shape index (κ1) is 16.7. The summed E-state index contributed by atoms with van der Waals surface area (Å²) in [6, 6.07) is 6.79. The van der Waals surface area contributed by atoms with Crippen LogP contribution in [0.4, 0.5) is 0 Å². The van der Waals surface area contributed by atoms with E-state index < -0.39 is 0 Å². The Morgan fingerprint density at radius 2 is 1.96 bits per heavy atom. The number of nitrogens with zero attached hydrogens (tertiary/aromatic N) is 2. The summed E-state index contributed by atoms with van der Waals surface area (Å²) in [6.07, 6.45) is -0.0115. The van der Waals surface area contributed by atoms with Gasteiger partial charge in [-0.25, -0.2) is 0 Å². The Hall–Kier alpha value is -2.70. The van der Waals surface area contributed by atoms with E-state index in [4.69, 9.17) is 9.26 Å². The number of ether oxygens (including phenoxy) is 1. The number of rotatable bonds is 6. The Labute approximate surface area is 134 Å². The van der Waals surface area contributed by atoms with Crippen molar-refractivity contribution >= 4 is 11.9 Å². The highest BCUT2D eigenvalue weighted by molar-refractivity contribution is 5.94. The number of aromatic nitrogens is 2. The molecule has 0 aliphatic carbocycles. The smallest absolute Gasteiger partial charge is 0.307 e. The molecule has 2 aromatic rings. The highest BCUT2D eigenvalue weighted by Crippen LogP contribution is 2.17. The van der Waals surface area contributed by atoms with Gasteiger partial charge in [0.15, 0.2) is 5.82 Å². The van der Waals surface area contributed by atoms with Crippen molar-refractivity contribution in [2.75, 3.05) is 6.54 Å². The molecule has 0 atom stereocenters. The van der Waals surface area contributed by atoms with Crippen LogP contribution in [0, 0.1) is 6.92 Å². The fraction of sp³-hybridized carbons (Fsp3) is 0.375. The molecule has 0 saturated heterocycles. The highest BCUT2D eigenvalue weighted by atomic mass is 16.5. The molecule has 0 aliphatic heterocycles. The molecular weight excluding hydrogens is 298 g/mol. The number of esters is 1. The minimum Gasteiger partial charge on any atom is -0.463 e. The van der Waals surface area contributed by atoms with E-state index in [0.717, 1.165) is 5.56 Å². The molecule has 23 heavy (non-hydrogen) atoms. The molecule has 0 unspecified atom stereocenters. The molecule has 122 valence electrons. The predicted molar refractivity (Wildman–Crippen MR) is 82.6 cm³/mol. The number of aryl methyl sites for hydroxylation is 1. The number of hydrogen-bond acceptors (Lipinski definition) is 6. The fourth-order valence-corrected chi connectivity index (χ4v) is 1.88. The average Bonchev–Trinajstić information content (AvgIpc) is 2.93. The van der Waals surface area contributed by atoms with Crippen LogP contribution in [-0.4, -0.2) is 34.7 Å². The van der Waals surface area contributed by atoms with Gasteiger partial charge in [-0.1, -0.05) is 5.16 Å². The summed E-state index contributed by atoms with van der Waals surface area (Å²) in [6.45, 7) is 5.53. The van der Waals surface area contributed by atoms with Crippen LogP contribution in [0.15, 0.2) is 28.8 Å². The van der Waals surface area contributed by atoms with E-state index in [9.17, 15) is 9.59 Å². The van der Waals surface area contributed by atoms with Gasteiger partial charge in [-0.15, -0.1) is 0 Å². The second-order valence-corrected chi connectivity index (χ2v) is 5.27. The third kappa shape index (κ3) is 4.91. The van der Waals surface area contributed by atoms with Crippen molar-refractivity contribution in [3.05, 3.63) is 35.7 Å². The van der Waals surface area contributed by atoms with E-state index in [-0.39, 0.29) is 30.9 Å². The van der Waals surface area contributed by atoms with Gasteiger partial charge >= 0.3 is 5.97 Å². The lowest BCUT2D eigenvalue weighted by Gasteiger charge is -2.08. The van der Waals surface area contributed by atoms with E-state index >= 15 is 0 Å². The monoisotopic (exact) mass is 317 g/mol. The molecule has 1 heterocycles. The van der Waals surface area contributed by atoms with E-state index in [1.165, 1.54) is 0 Å². The topological polar surface area (TPSA) is 94.3 Å². The van der Waals surface area contributed by atoms with Crippen LogP contribution in [0.25, 0.3) is 11.5 Å². The summed E-state index contributed by atoms with van der Waals surface area (Å²) in [5.41, 5.74) is 1.23. The summed E-state index contributed by atoms with van der Waals surface area (Å²) in [5, 5.41) is 6.39. The van der Waals surface area contributed by atoms with Gasteiger partial charge < -0.3 is 14.6 Å². The minimum atomic E-state index is -0.331. The first-order valence-corrected chi connectivity index (χ1v) is 7.34. The summed E-state index contributed by atoms with van der Waals surface area (Å²) < 4.78 is 10.1.